The van der Waals surface area contributed by atoms with Gasteiger partial charge in [0.1, 0.15) is 5.75 Å². The number of benzene rings is 1. The summed E-state index contributed by atoms with van der Waals surface area (Å²) in [6.07, 6.45) is 2.46. The van der Waals surface area contributed by atoms with Crippen LogP contribution in [0.25, 0.3) is 0 Å². The Morgan fingerprint density at radius 3 is 2.67 bits per heavy atom. The molecule has 0 bridgehead atoms. The van der Waals surface area contributed by atoms with E-state index in [0.29, 0.717) is 12.5 Å². The van der Waals surface area contributed by atoms with Crippen molar-refractivity contribution in [3.05, 3.63) is 29.8 Å². The summed E-state index contributed by atoms with van der Waals surface area (Å²) in [6, 6.07) is 6.73. The molecule has 8 heteroatoms. The summed E-state index contributed by atoms with van der Waals surface area (Å²) in [4.78, 5) is 9.22. The molecule has 0 saturated carbocycles. The number of likely N-dealkylation sites (tertiary alicyclic amines) is 1. The normalized spacial score (nSPS) is 18.1. The van der Waals surface area contributed by atoms with Crippen LogP contribution in [0.5, 0.6) is 5.75 Å². The minimum Gasteiger partial charge on any atom is -0.435 e. The molecule has 0 amide bonds. The number of hydrogen-bond acceptors (Lipinski definition) is 3. The van der Waals surface area contributed by atoms with Crippen LogP contribution in [0.1, 0.15) is 25.3 Å². The number of alkyl halides is 2. The van der Waals surface area contributed by atoms with Crippen LogP contribution in [0.4, 0.5) is 8.78 Å². The molecule has 1 heterocycles. The molecule has 1 N–H and O–H groups in total. The smallest absolute Gasteiger partial charge is 0.387 e. The van der Waals surface area contributed by atoms with Crippen LogP contribution in [0.15, 0.2) is 29.3 Å². The molecule has 1 atom stereocenters. The molecule has 1 saturated heterocycles. The minimum atomic E-state index is -2.80. The van der Waals surface area contributed by atoms with E-state index >= 15 is 0 Å². The van der Waals surface area contributed by atoms with Crippen LogP contribution in [0.2, 0.25) is 0 Å². The number of aliphatic imine (C=N–C) groups is 1. The van der Waals surface area contributed by atoms with Crippen molar-refractivity contribution < 1.29 is 13.5 Å². The molecule has 1 aromatic carbocycles. The predicted octanol–water partition coefficient (Wildman–Crippen LogP) is 3.65. The molecule has 5 nitrogen and oxygen atoms in total. The monoisotopic (exact) mass is 496 g/mol. The van der Waals surface area contributed by atoms with Gasteiger partial charge in [-0.05, 0) is 57.0 Å². The van der Waals surface area contributed by atoms with Crippen molar-refractivity contribution >= 4 is 29.9 Å². The van der Waals surface area contributed by atoms with Gasteiger partial charge in [0, 0.05) is 33.2 Å². The highest BCUT2D eigenvalue weighted by Crippen LogP contribution is 2.17. The van der Waals surface area contributed by atoms with E-state index in [0.717, 1.165) is 31.2 Å². The third kappa shape index (κ3) is 8.59. The predicted molar refractivity (Wildman–Crippen MR) is 116 cm³/mol. The molecule has 1 aliphatic rings. The number of nitrogens with one attached hydrogen (secondary N) is 1. The zero-order valence-electron chi connectivity index (χ0n) is 16.3. The first-order chi connectivity index (χ1) is 12.5. The first kappa shape index (κ1) is 23.9. The van der Waals surface area contributed by atoms with Gasteiger partial charge in [-0.3, -0.25) is 4.99 Å². The summed E-state index contributed by atoms with van der Waals surface area (Å²) in [5.41, 5.74) is 1.01. The van der Waals surface area contributed by atoms with Crippen molar-refractivity contribution in [1.29, 1.82) is 0 Å². The lowest BCUT2D eigenvalue weighted by Gasteiger charge is -2.29. The zero-order valence-corrected chi connectivity index (χ0v) is 18.7. The highest BCUT2D eigenvalue weighted by atomic mass is 127. The lowest BCUT2D eigenvalue weighted by atomic mass is 9.99. The van der Waals surface area contributed by atoms with Gasteiger partial charge in [-0.25, -0.2) is 0 Å². The van der Waals surface area contributed by atoms with Crippen molar-refractivity contribution in [3.8, 4) is 5.75 Å². The summed E-state index contributed by atoms with van der Waals surface area (Å²) in [6.45, 7) is 3.78. The fraction of sp³-hybridized carbons (Fsp3) is 0.632. The molecule has 0 spiro atoms. The van der Waals surface area contributed by atoms with Crippen molar-refractivity contribution in [2.45, 2.75) is 32.9 Å². The van der Waals surface area contributed by atoms with Gasteiger partial charge in [0.05, 0.1) is 0 Å². The van der Waals surface area contributed by atoms with Gasteiger partial charge in [0.25, 0.3) is 0 Å². The summed E-state index contributed by atoms with van der Waals surface area (Å²) in [5, 5.41) is 3.33. The number of nitrogens with zero attached hydrogens (tertiary/aromatic N) is 3. The molecule has 154 valence electrons. The second kappa shape index (κ2) is 12.3. The van der Waals surface area contributed by atoms with Crippen LogP contribution in [0.3, 0.4) is 0 Å². The Labute approximate surface area is 178 Å². The minimum absolute atomic E-state index is 0. The van der Waals surface area contributed by atoms with Crippen LogP contribution < -0.4 is 10.1 Å². The average molecular weight is 496 g/mol. The molecule has 1 aliphatic heterocycles. The highest BCUT2D eigenvalue weighted by Gasteiger charge is 2.17. The number of halogens is 3. The molecular weight excluding hydrogens is 465 g/mol. The van der Waals surface area contributed by atoms with E-state index in [4.69, 9.17) is 4.99 Å². The lowest BCUT2D eigenvalue weighted by Crippen LogP contribution is -2.39. The number of ether oxygens (including phenoxy) is 1. The van der Waals surface area contributed by atoms with Crippen molar-refractivity contribution in [2.24, 2.45) is 10.9 Å². The highest BCUT2D eigenvalue weighted by molar-refractivity contribution is 14.0. The van der Waals surface area contributed by atoms with Gasteiger partial charge < -0.3 is 19.9 Å². The molecule has 1 unspecified atom stereocenters. The van der Waals surface area contributed by atoms with Crippen LogP contribution in [0, 0.1) is 5.92 Å². The van der Waals surface area contributed by atoms with E-state index in [9.17, 15) is 8.78 Å². The fourth-order valence-corrected chi connectivity index (χ4v) is 3.23. The van der Waals surface area contributed by atoms with Crippen molar-refractivity contribution in [3.63, 3.8) is 0 Å². The standard InChI is InChI=1S/C19H30F2N4O.HI/c1-4-22-19(23-12-16-6-5-11-24(2)13-16)25(3)14-15-7-9-17(10-8-15)26-18(20)21;/h7-10,16,18H,4-6,11-14H2,1-3H3,(H,22,23);1H. The fourth-order valence-electron chi connectivity index (χ4n) is 3.23. The van der Waals surface area contributed by atoms with Gasteiger partial charge >= 0.3 is 6.61 Å². The summed E-state index contributed by atoms with van der Waals surface area (Å²) < 4.78 is 28.8. The van der Waals surface area contributed by atoms with Gasteiger partial charge in [-0.2, -0.15) is 8.78 Å². The molecule has 27 heavy (non-hydrogen) atoms. The van der Waals surface area contributed by atoms with Crippen LogP contribution in [-0.2, 0) is 6.54 Å². The van der Waals surface area contributed by atoms with Crippen LogP contribution in [-0.4, -0.2) is 62.6 Å². The van der Waals surface area contributed by atoms with E-state index in [1.807, 2.05) is 14.0 Å². The van der Waals surface area contributed by atoms with E-state index in [2.05, 4.69) is 26.9 Å². The molecule has 1 fully saturated rings. The molecule has 2 rings (SSSR count). The third-order valence-corrected chi connectivity index (χ3v) is 4.49. The first-order valence-corrected chi connectivity index (χ1v) is 9.19. The Hall–Kier alpha value is -1.16. The van der Waals surface area contributed by atoms with Gasteiger partial charge in [0.2, 0.25) is 0 Å². The summed E-state index contributed by atoms with van der Waals surface area (Å²) in [5.74, 6) is 1.64. The Morgan fingerprint density at radius 1 is 1.37 bits per heavy atom. The summed E-state index contributed by atoms with van der Waals surface area (Å²) >= 11 is 0. The average Bonchev–Trinajstić information content (AvgIpc) is 2.60. The Morgan fingerprint density at radius 2 is 2.07 bits per heavy atom. The number of guanidine groups is 1. The molecule has 1 aromatic rings. The Kier molecular flexibility index (Phi) is 10.9. The van der Waals surface area contributed by atoms with Crippen molar-refractivity contribution in [2.75, 3.05) is 40.3 Å². The lowest BCUT2D eigenvalue weighted by molar-refractivity contribution is -0.0498. The summed E-state index contributed by atoms with van der Waals surface area (Å²) in [7, 11) is 4.15. The second-order valence-corrected chi connectivity index (χ2v) is 6.84. The van der Waals surface area contributed by atoms with Gasteiger partial charge in [0.15, 0.2) is 5.96 Å². The Bertz CT molecular complexity index is 571. The maximum atomic E-state index is 12.2. The molecule has 0 radical (unpaired) electrons. The van der Waals surface area contributed by atoms with E-state index in [-0.39, 0.29) is 29.7 Å². The third-order valence-electron chi connectivity index (χ3n) is 4.49. The maximum Gasteiger partial charge on any atom is 0.387 e. The van der Waals surface area contributed by atoms with Gasteiger partial charge in [-0.1, -0.05) is 12.1 Å². The van der Waals surface area contributed by atoms with E-state index in [1.54, 1.807) is 24.3 Å². The van der Waals surface area contributed by atoms with E-state index in [1.165, 1.54) is 19.4 Å². The first-order valence-electron chi connectivity index (χ1n) is 9.19. The van der Waals surface area contributed by atoms with Gasteiger partial charge in [-0.15, -0.1) is 24.0 Å². The number of piperidine rings is 1. The molecule has 0 aromatic heterocycles. The Balaban J connectivity index is 0.00000364. The zero-order chi connectivity index (χ0) is 18.9. The molecular formula is C19H31F2IN4O. The van der Waals surface area contributed by atoms with Crippen molar-refractivity contribution in [1.82, 2.24) is 15.1 Å². The quantitative estimate of drug-likeness (QED) is 0.356. The number of rotatable bonds is 7. The maximum absolute atomic E-state index is 12.2. The SMILES string of the molecule is CCNC(=NCC1CCCN(C)C1)N(C)Cc1ccc(OC(F)F)cc1.I. The molecule has 0 aliphatic carbocycles. The number of hydrogen-bond donors (Lipinski definition) is 1. The van der Waals surface area contributed by atoms with Crippen LogP contribution >= 0.6 is 24.0 Å². The second-order valence-electron chi connectivity index (χ2n) is 6.84. The largest absolute Gasteiger partial charge is 0.435 e. The van der Waals surface area contributed by atoms with E-state index < -0.39 is 6.61 Å². The topological polar surface area (TPSA) is 40.1 Å².